The zero-order valence-electron chi connectivity index (χ0n) is 11.6. The number of nitrogens with two attached hydrogens (primary N) is 1. The number of hydrogen-bond donors (Lipinski definition) is 1. The van der Waals surface area contributed by atoms with E-state index in [0.29, 0.717) is 5.92 Å². The summed E-state index contributed by atoms with van der Waals surface area (Å²) in [6.45, 7) is 2.56. The van der Waals surface area contributed by atoms with Crippen molar-refractivity contribution in [3.63, 3.8) is 0 Å². The number of aromatic nitrogens is 1. The molecule has 2 heterocycles. The molecule has 0 aliphatic carbocycles. The third-order valence-corrected chi connectivity index (χ3v) is 5.02. The van der Waals surface area contributed by atoms with Crippen molar-refractivity contribution in [1.82, 2.24) is 4.98 Å². The minimum atomic E-state index is 0.528. The number of halogens is 2. The topological polar surface area (TPSA) is 42.1 Å². The minimum Gasteiger partial charge on any atom is -0.365 e. The largest absolute Gasteiger partial charge is 0.365 e. The minimum absolute atomic E-state index is 0.528. The number of fused-ring (bicyclic) bond motifs is 1. The van der Waals surface area contributed by atoms with Crippen LogP contribution in [0.15, 0.2) is 45.5 Å². The summed E-state index contributed by atoms with van der Waals surface area (Å²) in [7, 11) is 0. The van der Waals surface area contributed by atoms with Gasteiger partial charge >= 0.3 is 0 Å². The zero-order chi connectivity index (χ0) is 14.8. The summed E-state index contributed by atoms with van der Waals surface area (Å²) in [4.78, 5) is 6.92. The van der Waals surface area contributed by atoms with Gasteiger partial charge < -0.3 is 10.6 Å². The van der Waals surface area contributed by atoms with E-state index in [1.807, 2.05) is 12.3 Å². The molecule has 0 saturated heterocycles. The second-order valence-corrected chi connectivity index (χ2v) is 7.07. The Bertz CT molecular complexity index is 645. The van der Waals surface area contributed by atoms with Crippen molar-refractivity contribution in [3.8, 4) is 0 Å². The van der Waals surface area contributed by atoms with Crippen molar-refractivity contribution in [2.45, 2.75) is 18.9 Å². The fourth-order valence-electron chi connectivity index (χ4n) is 2.92. The maximum absolute atomic E-state index is 5.76. The van der Waals surface area contributed by atoms with E-state index in [1.165, 1.54) is 11.3 Å². The number of anilines is 1. The first-order chi connectivity index (χ1) is 10.2. The molecule has 5 heteroatoms. The van der Waals surface area contributed by atoms with Gasteiger partial charge in [0, 0.05) is 33.3 Å². The molecule has 1 unspecified atom stereocenters. The molecule has 0 saturated carbocycles. The first-order valence-corrected chi connectivity index (χ1v) is 8.61. The molecule has 2 N–H and O–H groups in total. The molecule has 1 aromatic heterocycles. The molecular formula is C16H17Br2N3. The molecule has 0 radical (unpaired) electrons. The molecule has 0 spiro atoms. The van der Waals surface area contributed by atoms with Crippen molar-refractivity contribution in [2.75, 3.05) is 18.0 Å². The molecule has 0 bridgehead atoms. The first kappa shape index (κ1) is 15.0. The SMILES string of the molecule is NCCC1CN(Cc2ncc(Br)cc2Br)c2ccccc21. The van der Waals surface area contributed by atoms with Crippen LogP contribution in [0, 0.1) is 0 Å². The van der Waals surface area contributed by atoms with Crippen LogP contribution in [0.3, 0.4) is 0 Å². The fraction of sp³-hybridized carbons (Fsp3) is 0.312. The summed E-state index contributed by atoms with van der Waals surface area (Å²) >= 11 is 7.05. The monoisotopic (exact) mass is 409 g/mol. The number of pyridine rings is 1. The van der Waals surface area contributed by atoms with Gasteiger partial charge in [-0.25, -0.2) is 0 Å². The van der Waals surface area contributed by atoms with Gasteiger partial charge in [0.25, 0.3) is 0 Å². The molecule has 110 valence electrons. The van der Waals surface area contributed by atoms with Crippen LogP contribution in [0.5, 0.6) is 0 Å². The van der Waals surface area contributed by atoms with Crippen molar-refractivity contribution in [2.24, 2.45) is 5.73 Å². The molecule has 0 fully saturated rings. The van der Waals surface area contributed by atoms with E-state index >= 15 is 0 Å². The van der Waals surface area contributed by atoms with Crippen LogP contribution >= 0.6 is 31.9 Å². The van der Waals surface area contributed by atoms with Crippen LogP contribution in [0.4, 0.5) is 5.69 Å². The summed E-state index contributed by atoms with van der Waals surface area (Å²) in [6.07, 6.45) is 2.88. The lowest BCUT2D eigenvalue weighted by molar-refractivity contribution is 0.641. The summed E-state index contributed by atoms with van der Waals surface area (Å²) in [5, 5.41) is 0. The molecule has 0 amide bonds. The molecule has 1 atom stereocenters. The summed E-state index contributed by atoms with van der Waals surface area (Å²) in [5.41, 5.74) is 9.54. The Labute approximate surface area is 141 Å². The van der Waals surface area contributed by atoms with Gasteiger partial charge in [0.05, 0.1) is 12.2 Å². The molecule has 1 aromatic carbocycles. The van der Waals surface area contributed by atoms with Gasteiger partial charge in [-0.2, -0.15) is 0 Å². The molecular weight excluding hydrogens is 394 g/mol. The highest BCUT2D eigenvalue weighted by molar-refractivity contribution is 9.11. The third kappa shape index (κ3) is 3.15. The van der Waals surface area contributed by atoms with E-state index in [0.717, 1.165) is 40.7 Å². The second kappa shape index (κ2) is 6.46. The quantitative estimate of drug-likeness (QED) is 0.826. The zero-order valence-corrected chi connectivity index (χ0v) is 14.8. The number of hydrogen-bond acceptors (Lipinski definition) is 3. The standard InChI is InChI=1S/C16H17Br2N3/c17-12-7-14(18)15(20-8-12)10-21-9-11(5-6-19)13-3-1-2-4-16(13)21/h1-4,7-8,11H,5-6,9-10,19H2. The highest BCUT2D eigenvalue weighted by Crippen LogP contribution is 2.38. The Morgan fingerprint density at radius 3 is 2.86 bits per heavy atom. The molecule has 1 aliphatic heterocycles. The van der Waals surface area contributed by atoms with E-state index < -0.39 is 0 Å². The van der Waals surface area contributed by atoms with Gasteiger partial charge in [0.1, 0.15) is 0 Å². The predicted molar refractivity (Wildman–Crippen MR) is 93.5 cm³/mol. The molecule has 3 nitrogen and oxygen atoms in total. The Morgan fingerprint density at radius 1 is 1.29 bits per heavy atom. The average molecular weight is 411 g/mol. The second-order valence-electron chi connectivity index (χ2n) is 5.30. The van der Waals surface area contributed by atoms with Gasteiger partial charge in [0.2, 0.25) is 0 Å². The van der Waals surface area contributed by atoms with Crippen molar-refractivity contribution < 1.29 is 0 Å². The lowest BCUT2D eigenvalue weighted by Gasteiger charge is -2.20. The summed E-state index contributed by atoms with van der Waals surface area (Å²) < 4.78 is 2.03. The van der Waals surface area contributed by atoms with E-state index in [1.54, 1.807) is 0 Å². The number of benzene rings is 1. The van der Waals surface area contributed by atoms with Crippen molar-refractivity contribution in [1.29, 1.82) is 0 Å². The lowest BCUT2D eigenvalue weighted by Crippen LogP contribution is -2.23. The van der Waals surface area contributed by atoms with E-state index in [4.69, 9.17) is 5.73 Å². The van der Waals surface area contributed by atoms with Gasteiger partial charge in [-0.3, -0.25) is 4.98 Å². The molecule has 21 heavy (non-hydrogen) atoms. The number of nitrogens with zero attached hydrogens (tertiary/aromatic N) is 2. The van der Waals surface area contributed by atoms with Crippen LogP contribution in [0.1, 0.15) is 23.6 Å². The van der Waals surface area contributed by atoms with Crippen LogP contribution in [-0.4, -0.2) is 18.1 Å². The Hall–Kier alpha value is -0.910. The highest BCUT2D eigenvalue weighted by atomic mass is 79.9. The fourth-order valence-corrected chi connectivity index (χ4v) is 4.03. The van der Waals surface area contributed by atoms with Gasteiger partial charge in [0.15, 0.2) is 0 Å². The summed E-state index contributed by atoms with van der Waals surface area (Å²) in [6, 6.07) is 10.7. The molecule has 3 rings (SSSR count). The highest BCUT2D eigenvalue weighted by Gasteiger charge is 2.28. The Kier molecular flexibility index (Phi) is 4.62. The maximum atomic E-state index is 5.76. The van der Waals surface area contributed by atoms with Crippen LogP contribution in [0.2, 0.25) is 0 Å². The van der Waals surface area contributed by atoms with Crippen LogP contribution < -0.4 is 10.6 Å². The van der Waals surface area contributed by atoms with Gasteiger partial charge in [-0.1, -0.05) is 18.2 Å². The van der Waals surface area contributed by atoms with Gasteiger partial charge in [-0.15, -0.1) is 0 Å². The Morgan fingerprint density at radius 2 is 2.10 bits per heavy atom. The lowest BCUT2D eigenvalue weighted by atomic mass is 9.98. The third-order valence-electron chi connectivity index (χ3n) is 3.90. The predicted octanol–water partition coefficient (Wildman–Crippen LogP) is 4.06. The van der Waals surface area contributed by atoms with Crippen LogP contribution in [-0.2, 0) is 6.54 Å². The average Bonchev–Trinajstić information content (AvgIpc) is 2.81. The first-order valence-electron chi connectivity index (χ1n) is 7.03. The smallest absolute Gasteiger partial charge is 0.0739 e. The Balaban J connectivity index is 1.86. The maximum Gasteiger partial charge on any atom is 0.0739 e. The van der Waals surface area contributed by atoms with Crippen LogP contribution in [0.25, 0.3) is 0 Å². The van der Waals surface area contributed by atoms with E-state index in [-0.39, 0.29) is 0 Å². The van der Waals surface area contributed by atoms with E-state index in [9.17, 15) is 0 Å². The summed E-state index contributed by atoms with van der Waals surface area (Å²) in [5.74, 6) is 0.528. The van der Waals surface area contributed by atoms with Crippen molar-refractivity contribution in [3.05, 3.63) is 56.7 Å². The molecule has 2 aromatic rings. The van der Waals surface area contributed by atoms with Gasteiger partial charge in [-0.05, 0) is 62.5 Å². The van der Waals surface area contributed by atoms with Crippen molar-refractivity contribution >= 4 is 37.5 Å². The number of para-hydroxylation sites is 1. The normalized spacial score (nSPS) is 17.1. The molecule has 1 aliphatic rings. The van der Waals surface area contributed by atoms with E-state index in [2.05, 4.69) is 66.0 Å². The number of rotatable bonds is 4.